The molecule has 2 aromatic rings. The third-order valence-electron chi connectivity index (χ3n) is 1.51. The largest absolute Gasteiger partial charge is 0.468 e. The van der Waals surface area contributed by atoms with Gasteiger partial charge in [0.1, 0.15) is 10.8 Å². The summed E-state index contributed by atoms with van der Waals surface area (Å²) in [7, 11) is 1.54. The number of fused-ring (bicyclic) bond motifs is 1. The van der Waals surface area contributed by atoms with Crippen molar-refractivity contribution >= 4 is 17.2 Å². The molecule has 5 heteroatoms. The summed E-state index contributed by atoms with van der Waals surface area (Å²) in [5, 5.41) is 0.380. The minimum absolute atomic E-state index is 0.380. The summed E-state index contributed by atoms with van der Waals surface area (Å²) in [4.78, 5) is 8.00. The first-order valence-electron chi connectivity index (χ1n) is 3.35. The van der Waals surface area contributed by atoms with Crippen molar-refractivity contribution < 1.29 is 4.74 Å². The van der Waals surface area contributed by atoms with E-state index < -0.39 is 0 Å². The fourth-order valence-corrected chi connectivity index (χ4v) is 1.18. The van der Waals surface area contributed by atoms with Gasteiger partial charge in [-0.1, -0.05) is 11.6 Å². The summed E-state index contributed by atoms with van der Waals surface area (Å²) in [6.07, 6.45) is 3.42. The molecule has 0 aliphatic rings. The molecular weight excluding hydrogens is 178 g/mol. The number of methoxy groups -OCH3 is 1. The van der Waals surface area contributed by atoms with Crippen LogP contribution in [0.1, 0.15) is 0 Å². The molecule has 0 saturated carbocycles. The van der Waals surface area contributed by atoms with Crippen molar-refractivity contribution in [3.05, 3.63) is 23.6 Å². The second-order valence-electron chi connectivity index (χ2n) is 2.22. The average molecular weight is 184 g/mol. The zero-order valence-corrected chi connectivity index (χ0v) is 7.12. The molecule has 62 valence electrons. The van der Waals surface area contributed by atoms with Crippen LogP contribution in [0.5, 0.6) is 6.01 Å². The molecule has 0 aliphatic heterocycles. The van der Waals surface area contributed by atoms with E-state index in [1.54, 1.807) is 22.9 Å². The Morgan fingerprint density at radius 1 is 1.58 bits per heavy atom. The fraction of sp³-hybridized carbons (Fsp3) is 0.143. The number of hydrogen-bond donors (Lipinski definition) is 0. The first-order valence-corrected chi connectivity index (χ1v) is 3.72. The van der Waals surface area contributed by atoms with Gasteiger partial charge in [-0.2, -0.15) is 4.98 Å². The van der Waals surface area contributed by atoms with E-state index in [2.05, 4.69) is 9.97 Å². The van der Waals surface area contributed by atoms with Crippen molar-refractivity contribution in [2.75, 3.05) is 7.11 Å². The first-order chi connectivity index (χ1) is 5.81. The maximum atomic E-state index is 5.72. The van der Waals surface area contributed by atoms with Crippen LogP contribution in [0.25, 0.3) is 5.65 Å². The Kier molecular flexibility index (Phi) is 1.62. The lowest BCUT2D eigenvalue weighted by Gasteiger charge is -2.01. The van der Waals surface area contributed by atoms with Crippen LogP contribution < -0.4 is 4.74 Å². The summed E-state index contributed by atoms with van der Waals surface area (Å²) in [5.74, 6) is 0. The van der Waals surface area contributed by atoms with E-state index in [0.29, 0.717) is 11.2 Å². The standard InChI is InChI=1S/C7H6ClN3O/c1-12-7-10-5(8)4-6-9-2-3-11(6)7/h2-4H,1H3. The van der Waals surface area contributed by atoms with Crippen LogP contribution in [-0.2, 0) is 0 Å². The maximum absolute atomic E-state index is 5.72. The minimum atomic E-state index is 0.380. The van der Waals surface area contributed by atoms with Crippen LogP contribution in [0.2, 0.25) is 5.15 Å². The molecule has 0 radical (unpaired) electrons. The minimum Gasteiger partial charge on any atom is -0.468 e. The lowest BCUT2D eigenvalue weighted by Crippen LogP contribution is -1.96. The topological polar surface area (TPSA) is 39.4 Å². The van der Waals surface area contributed by atoms with E-state index in [1.165, 1.54) is 7.11 Å². The van der Waals surface area contributed by atoms with Crippen molar-refractivity contribution in [1.82, 2.24) is 14.4 Å². The highest BCUT2D eigenvalue weighted by Crippen LogP contribution is 2.15. The van der Waals surface area contributed by atoms with Crippen molar-refractivity contribution in [1.29, 1.82) is 0 Å². The smallest absolute Gasteiger partial charge is 0.303 e. The Morgan fingerprint density at radius 3 is 3.17 bits per heavy atom. The van der Waals surface area contributed by atoms with E-state index in [4.69, 9.17) is 16.3 Å². The van der Waals surface area contributed by atoms with Gasteiger partial charge < -0.3 is 4.74 Å². The van der Waals surface area contributed by atoms with Crippen molar-refractivity contribution in [3.8, 4) is 6.01 Å². The van der Waals surface area contributed by atoms with Gasteiger partial charge in [0.2, 0.25) is 0 Å². The van der Waals surface area contributed by atoms with Crippen LogP contribution in [0, 0.1) is 0 Å². The third kappa shape index (κ3) is 1.00. The van der Waals surface area contributed by atoms with Crippen molar-refractivity contribution in [3.63, 3.8) is 0 Å². The number of halogens is 1. The number of rotatable bonds is 1. The van der Waals surface area contributed by atoms with Crippen LogP contribution in [0.3, 0.4) is 0 Å². The molecule has 12 heavy (non-hydrogen) atoms. The first kappa shape index (κ1) is 7.36. The van der Waals surface area contributed by atoms with E-state index in [1.807, 2.05) is 0 Å². The van der Waals surface area contributed by atoms with E-state index in [9.17, 15) is 0 Å². The molecule has 0 unspecified atom stereocenters. The molecule has 0 amide bonds. The molecule has 4 nitrogen and oxygen atoms in total. The second-order valence-corrected chi connectivity index (χ2v) is 2.61. The van der Waals surface area contributed by atoms with Gasteiger partial charge in [0, 0.05) is 18.5 Å². The summed E-state index contributed by atoms with van der Waals surface area (Å²) in [6, 6.07) is 2.11. The Balaban J connectivity index is 2.80. The van der Waals surface area contributed by atoms with Gasteiger partial charge in [0.25, 0.3) is 0 Å². The highest BCUT2D eigenvalue weighted by atomic mass is 35.5. The average Bonchev–Trinajstić information content (AvgIpc) is 2.50. The molecule has 0 aromatic carbocycles. The Hall–Kier alpha value is -1.29. The molecule has 0 aliphatic carbocycles. The lowest BCUT2D eigenvalue weighted by molar-refractivity contribution is 0.374. The zero-order chi connectivity index (χ0) is 8.55. The number of aromatic nitrogens is 3. The highest BCUT2D eigenvalue weighted by Gasteiger charge is 2.03. The molecular formula is C7H6ClN3O. The van der Waals surface area contributed by atoms with Crippen molar-refractivity contribution in [2.24, 2.45) is 0 Å². The second kappa shape index (κ2) is 2.64. The van der Waals surface area contributed by atoms with E-state index in [0.717, 1.165) is 5.65 Å². The van der Waals surface area contributed by atoms with Gasteiger partial charge in [-0.3, -0.25) is 4.40 Å². The molecule has 2 aromatic heterocycles. The Morgan fingerprint density at radius 2 is 2.42 bits per heavy atom. The molecule has 2 heterocycles. The molecule has 2 rings (SSSR count). The van der Waals surface area contributed by atoms with E-state index in [-0.39, 0.29) is 0 Å². The van der Waals surface area contributed by atoms with E-state index >= 15 is 0 Å². The molecule has 0 N–H and O–H groups in total. The SMILES string of the molecule is COc1nc(Cl)cc2nccn12. The van der Waals surface area contributed by atoms with Crippen LogP contribution in [0.4, 0.5) is 0 Å². The van der Waals surface area contributed by atoms with Gasteiger partial charge in [0.15, 0.2) is 0 Å². The third-order valence-corrected chi connectivity index (χ3v) is 1.70. The van der Waals surface area contributed by atoms with Gasteiger partial charge >= 0.3 is 6.01 Å². The van der Waals surface area contributed by atoms with Crippen LogP contribution >= 0.6 is 11.6 Å². The van der Waals surface area contributed by atoms with Gasteiger partial charge in [0.05, 0.1) is 7.11 Å². The van der Waals surface area contributed by atoms with Gasteiger partial charge in [-0.15, -0.1) is 0 Å². The molecule has 0 atom stereocenters. The normalized spacial score (nSPS) is 10.5. The van der Waals surface area contributed by atoms with Gasteiger partial charge in [-0.05, 0) is 0 Å². The summed E-state index contributed by atoms with van der Waals surface area (Å²) < 4.78 is 6.71. The maximum Gasteiger partial charge on any atom is 0.303 e. The predicted molar refractivity (Wildman–Crippen MR) is 44.5 cm³/mol. The number of imidazole rings is 1. The highest BCUT2D eigenvalue weighted by molar-refractivity contribution is 6.29. The monoisotopic (exact) mass is 183 g/mol. The van der Waals surface area contributed by atoms with Crippen molar-refractivity contribution in [2.45, 2.75) is 0 Å². The lowest BCUT2D eigenvalue weighted by atomic mass is 10.6. The molecule has 0 spiro atoms. The molecule has 0 saturated heterocycles. The Bertz CT molecular complexity index is 412. The summed E-state index contributed by atoms with van der Waals surface area (Å²) in [6.45, 7) is 0. The quantitative estimate of drug-likeness (QED) is 0.628. The Labute approximate surface area is 73.8 Å². The summed E-state index contributed by atoms with van der Waals surface area (Å²) >= 11 is 5.72. The molecule has 0 fully saturated rings. The fourth-order valence-electron chi connectivity index (χ4n) is 1.01. The zero-order valence-electron chi connectivity index (χ0n) is 6.36. The molecule has 0 bridgehead atoms. The predicted octanol–water partition coefficient (Wildman–Crippen LogP) is 1.39. The summed E-state index contributed by atoms with van der Waals surface area (Å²) in [5.41, 5.74) is 0.729. The van der Waals surface area contributed by atoms with Crippen LogP contribution in [-0.4, -0.2) is 21.5 Å². The van der Waals surface area contributed by atoms with Gasteiger partial charge in [-0.25, -0.2) is 4.98 Å². The van der Waals surface area contributed by atoms with Crippen LogP contribution in [0.15, 0.2) is 18.5 Å². The number of ether oxygens (including phenoxy) is 1. The number of hydrogen-bond acceptors (Lipinski definition) is 3. The number of nitrogens with zero attached hydrogens (tertiary/aromatic N) is 3.